The van der Waals surface area contributed by atoms with E-state index in [1.54, 1.807) is 11.8 Å². The third kappa shape index (κ3) is 2.74. The van der Waals surface area contributed by atoms with Gasteiger partial charge in [0.1, 0.15) is 5.69 Å². The third-order valence-electron chi connectivity index (χ3n) is 3.11. The predicted molar refractivity (Wildman–Crippen MR) is 78.2 cm³/mol. The number of rotatable bonds is 3. The Bertz CT molecular complexity index is 633. The van der Waals surface area contributed by atoms with Crippen LogP contribution in [0.1, 0.15) is 6.92 Å². The molecular formula is C11H15N3O4S2. The SMILES string of the molecule is CC1CSCCN1S(=O)(=O)c1ccc([N+](=O)[O-])c(N)c1. The van der Waals surface area contributed by atoms with Gasteiger partial charge in [0, 0.05) is 30.2 Å². The Balaban J connectivity index is 2.39. The van der Waals surface area contributed by atoms with E-state index in [2.05, 4.69) is 0 Å². The number of nitro groups is 1. The molecule has 1 unspecified atom stereocenters. The first-order chi connectivity index (χ1) is 9.34. The molecule has 0 saturated carbocycles. The number of sulfonamides is 1. The molecule has 1 atom stereocenters. The summed E-state index contributed by atoms with van der Waals surface area (Å²) in [7, 11) is -3.66. The maximum absolute atomic E-state index is 12.5. The molecule has 0 bridgehead atoms. The molecule has 0 radical (unpaired) electrons. The molecule has 0 spiro atoms. The summed E-state index contributed by atoms with van der Waals surface area (Å²) in [5.41, 5.74) is 5.13. The Morgan fingerprint density at radius 1 is 1.50 bits per heavy atom. The summed E-state index contributed by atoms with van der Waals surface area (Å²) in [5, 5.41) is 10.7. The number of thioether (sulfide) groups is 1. The van der Waals surface area contributed by atoms with Crippen molar-refractivity contribution in [2.75, 3.05) is 23.8 Å². The minimum Gasteiger partial charge on any atom is -0.393 e. The largest absolute Gasteiger partial charge is 0.393 e. The summed E-state index contributed by atoms with van der Waals surface area (Å²) in [6.07, 6.45) is 0. The van der Waals surface area contributed by atoms with Gasteiger partial charge in [-0.1, -0.05) is 0 Å². The Labute approximate surface area is 121 Å². The number of hydrogen-bond donors (Lipinski definition) is 1. The van der Waals surface area contributed by atoms with E-state index in [4.69, 9.17) is 5.73 Å². The summed E-state index contributed by atoms with van der Waals surface area (Å²) >= 11 is 1.71. The van der Waals surface area contributed by atoms with Crippen LogP contribution in [0.15, 0.2) is 23.1 Å². The summed E-state index contributed by atoms with van der Waals surface area (Å²) in [5.74, 6) is 1.48. The first kappa shape index (κ1) is 15.1. The van der Waals surface area contributed by atoms with Crippen molar-refractivity contribution in [1.82, 2.24) is 4.31 Å². The maximum atomic E-state index is 12.5. The normalized spacial score (nSPS) is 20.8. The highest BCUT2D eigenvalue weighted by atomic mass is 32.2. The van der Waals surface area contributed by atoms with Gasteiger partial charge in [-0.25, -0.2) is 8.42 Å². The molecule has 1 aromatic carbocycles. The van der Waals surface area contributed by atoms with Crippen LogP contribution in [-0.4, -0.2) is 41.7 Å². The van der Waals surface area contributed by atoms with E-state index < -0.39 is 14.9 Å². The molecule has 1 saturated heterocycles. The summed E-state index contributed by atoms with van der Waals surface area (Å²) in [4.78, 5) is 10.1. The van der Waals surface area contributed by atoms with E-state index in [-0.39, 0.29) is 22.3 Å². The molecular weight excluding hydrogens is 302 g/mol. The molecule has 0 aromatic heterocycles. The van der Waals surface area contributed by atoms with Crippen LogP contribution in [-0.2, 0) is 10.0 Å². The van der Waals surface area contributed by atoms with E-state index in [0.717, 1.165) is 23.6 Å². The second-order valence-electron chi connectivity index (χ2n) is 4.52. The van der Waals surface area contributed by atoms with Gasteiger partial charge >= 0.3 is 0 Å². The lowest BCUT2D eigenvalue weighted by Crippen LogP contribution is -2.44. The highest BCUT2D eigenvalue weighted by Crippen LogP contribution is 2.29. The Kier molecular flexibility index (Phi) is 4.21. The minimum atomic E-state index is -3.66. The second kappa shape index (κ2) is 5.58. The second-order valence-corrected chi connectivity index (χ2v) is 7.56. The molecule has 1 aromatic rings. The number of benzene rings is 1. The van der Waals surface area contributed by atoms with Crippen molar-refractivity contribution in [3.63, 3.8) is 0 Å². The van der Waals surface area contributed by atoms with Crippen molar-refractivity contribution in [3.05, 3.63) is 28.3 Å². The molecule has 20 heavy (non-hydrogen) atoms. The van der Waals surface area contributed by atoms with Crippen LogP contribution < -0.4 is 5.73 Å². The molecule has 110 valence electrons. The van der Waals surface area contributed by atoms with Crippen LogP contribution in [0.2, 0.25) is 0 Å². The van der Waals surface area contributed by atoms with Gasteiger partial charge in [0.15, 0.2) is 0 Å². The Hall–Kier alpha value is -1.32. The number of anilines is 1. The molecule has 1 fully saturated rings. The van der Waals surface area contributed by atoms with Crippen molar-refractivity contribution in [2.24, 2.45) is 0 Å². The van der Waals surface area contributed by atoms with Crippen LogP contribution in [0.3, 0.4) is 0 Å². The molecule has 2 rings (SSSR count). The van der Waals surface area contributed by atoms with Crippen molar-refractivity contribution < 1.29 is 13.3 Å². The van der Waals surface area contributed by atoms with Gasteiger partial charge in [0.2, 0.25) is 10.0 Å². The van der Waals surface area contributed by atoms with Crippen molar-refractivity contribution in [2.45, 2.75) is 17.9 Å². The van der Waals surface area contributed by atoms with Gasteiger partial charge in [-0.2, -0.15) is 16.1 Å². The van der Waals surface area contributed by atoms with Crippen LogP contribution in [0, 0.1) is 10.1 Å². The van der Waals surface area contributed by atoms with Crippen molar-refractivity contribution in [1.29, 1.82) is 0 Å². The summed E-state index contributed by atoms with van der Waals surface area (Å²) in [6, 6.07) is 3.42. The molecule has 1 aliphatic rings. The number of nitrogens with zero attached hydrogens (tertiary/aromatic N) is 2. The standard InChI is InChI=1S/C11H15N3O4S2/c1-8-7-19-5-4-13(8)20(17,18)9-2-3-11(14(15)16)10(12)6-9/h2-3,6,8H,4-5,7,12H2,1H3. The maximum Gasteiger partial charge on any atom is 0.292 e. The number of hydrogen-bond acceptors (Lipinski definition) is 6. The topological polar surface area (TPSA) is 107 Å². The highest BCUT2D eigenvalue weighted by molar-refractivity contribution is 7.99. The first-order valence-electron chi connectivity index (χ1n) is 5.97. The van der Waals surface area contributed by atoms with Crippen LogP contribution in [0.4, 0.5) is 11.4 Å². The first-order valence-corrected chi connectivity index (χ1v) is 8.57. The zero-order chi connectivity index (χ0) is 14.9. The Morgan fingerprint density at radius 3 is 2.75 bits per heavy atom. The molecule has 9 heteroatoms. The monoisotopic (exact) mass is 317 g/mol. The van der Waals surface area contributed by atoms with Crippen LogP contribution in [0.25, 0.3) is 0 Å². The van der Waals surface area contributed by atoms with Gasteiger partial charge < -0.3 is 5.73 Å². The lowest BCUT2D eigenvalue weighted by molar-refractivity contribution is -0.383. The number of nitrogens with two attached hydrogens (primary N) is 1. The molecule has 1 heterocycles. The van der Waals surface area contributed by atoms with Crippen LogP contribution >= 0.6 is 11.8 Å². The van der Waals surface area contributed by atoms with E-state index in [0.29, 0.717) is 6.54 Å². The average molecular weight is 317 g/mol. The molecule has 7 nitrogen and oxygen atoms in total. The van der Waals surface area contributed by atoms with Gasteiger partial charge in [-0.15, -0.1) is 0 Å². The van der Waals surface area contributed by atoms with Gasteiger partial charge in [0.05, 0.1) is 9.82 Å². The lowest BCUT2D eigenvalue weighted by atomic mass is 10.3. The van der Waals surface area contributed by atoms with Crippen LogP contribution in [0.5, 0.6) is 0 Å². The average Bonchev–Trinajstić information content (AvgIpc) is 2.38. The van der Waals surface area contributed by atoms with Crippen molar-refractivity contribution in [3.8, 4) is 0 Å². The van der Waals surface area contributed by atoms with E-state index in [1.165, 1.54) is 10.4 Å². The smallest absolute Gasteiger partial charge is 0.292 e. The zero-order valence-corrected chi connectivity index (χ0v) is 12.5. The number of nitrogen functional groups attached to an aromatic ring is 1. The minimum absolute atomic E-state index is 0.000602. The van der Waals surface area contributed by atoms with E-state index in [1.807, 2.05) is 6.92 Å². The highest BCUT2D eigenvalue weighted by Gasteiger charge is 2.32. The molecule has 1 aliphatic heterocycles. The summed E-state index contributed by atoms with van der Waals surface area (Å²) in [6.45, 7) is 2.28. The van der Waals surface area contributed by atoms with Crippen molar-refractivity contribution >= 4 is 33.2 Å². The van der Waals surface area contributed by atoms with Gasteiger partial charge in [0.25, 0.3) is 5.69 Å². The zero-order valence-electron chi connectivity index (χ0n) is 10.9. The van der Waals surface area contributed by atoms with Gasteiger partial charge in [-0.3, -0.25) is 10.1 Å². The van der Waals surface area contributed by atoms with E-state index >= 15 is 0 Å². The molecule has 2 N–H and O–H groups in total. The quantitative estimate of drug-likeness (QED) is 0.511. The summed E-state index contributed by atoms with van der Waals surface area (Å²) < 4.78 is 26.5. The third-order valence-corrected chi connectivity index (χ3v) is 6.31. The van der Waals surface area contributed by atoms with E-state index in [9.17, 15) is 18.5 Å². The fraction of sp³-hybridized carbons (Fsp3) is 0.455. The fourth-order valence-corrected chi connectivity index (χ4v) is 4.95. The predicted octanol–water partition coefficient (Wildman–Crippen LogP) is 1.30. The lowest BCUT2D eigenvalue weighted by Gasteiger charge is -2.31. The number of nitro benzene ring substituents is 1. The molecule has 0 amide bonds. The Morgan fingerprint density at radius 2 is 2.20 bits per heavy atom. The fourth-order valence-electron chi connectivity index (χ4n) is 2.06. The molecule has 0 aliphatic carbocycles. The van der Waals surface area contributed by atoms with Gasteiger partial charge in [-0.05, 0) is 19.1 Å².